The molecule has 4 N–H and O–H groups in total. The number of hydrogen-bond donors (Lipinski definition) is 4. The van der Waals surface area contributed by atoms with Crippen LogP contribution in [0.1, 0.15) is 160 Å². The van der Waals surface area contributed by atoms with E-state index in [-0.39, 0.29) is 140 Å². The van der Waals surface area contributed by atoms with Crippen molar-refractivity contribution in [3.63, 3.8) is 0 Å². The van der Waals surface area contributed by atoms with Crippen LogP contribution in [0.2, 0.25) is 0 Å². The summed E-state index contributed by atoms with van der Waals surface area (Å²) in [6.07, 6.45) is 13.2. The smallest absolute Gasteiger partial charge is 0.332 e. The fourth-order valence-electron chi connectivity index (χ4n) is 14.2. The van der Waals surface area contributed by atoms with Gasteiger partial charge in [0.25, 0.3) is 47.7 Å². The molecule has 4 heterocycles. The summed E-state index contributed by atoms with van der Waals surface area (Å²) in [4.78, 5) is 115. The predicted octanol–water partition coefficient (Wildman–Crippen LogP) is 7.04. The van der Waals surface area contributed by atoms with Gasteiger partial charge in [-0.2, -0.15) is 0 Å². The van der Waals surface area contributed by atoms with Gasteiger partial charge >= 0.3 is 23.9 Å². The third-order valence-corrected chi connectivity index (χ3v) is 20.1. The third-order valence-electron chi connectivity index (χ3n) is 20.1. The van der Waals surface area contributed by atoms with Crippen LogP contribution < -0.4 is 0 Å². The first-order valence-corrected chi connectivity index (χ1v) is 34.4. The summed E-state index contributed by atoms with van der Waals surface area (Å²) in [6.45, 7) is 25.8. The van der Waals surface area contributed by atoms with Gasteiger partial charge in [-0.1, -0.05) is 109 Å². The van der Waals surface area contributed by atoms with Gasteiger partial charge in [0.05, 0.1) is 79.0 Å². The second-order valence-corrected chi connectivity index (χ2v) is 28.6. The van der Waals surface area contributed by atoms with Crippen molar-refractivity contribution in [2.75, 3.05) is 81.0 Å². The summed E-state index contributed by atoms with van der Waals surface area (Å²) in [7, 11) is 5.00. The Hall–Kier alpha value is -5.27. The number of methoxy groups -OCH3 is 4. The topological polar surface area (TPSA) is 354 Å². The molecule has 4 amide bonds. The molecule has 4 aliphatic carbocycles. The Kier molecular flexibility index (Phi) is 36.9. The van der Waals surface area contributed by atoms with Crippen molar-refractivity contribution in [2.24, 2.45) is 91.0 Å². The first-order chi connectivity index (χ1) is 45.3. The average molecular weight is 1570 g/mol. The quantitative estimate of drug-likeness (QED) is 0.0539. The van der Waals surface area contributed by atoms with E-state index in [1.54, 1.807) is 0 Å². The van der Waals surface area contributed by atoms with Crippen LogP contribution in [0.3, 0.4) is 0 Å². The van der Waals surface area contributed by atoms with Crippen LogP contribution in [0.15, 0.2) is 20.0 Å². The summed E-state index contributed by atoms with van der Waals surface area (Å²) in [6, 6.07) is -5.25. The van der Waals surface area contributed by atoms with Gasteiger partial charge < -0.3 is 58.3 Å². The minimum absolute atomic E-state index is 0. The Balaban J connectivity index is 0.000000338. The minimum Gasteiger partial charge on any atom is -0.480 e. The number of amidine groups is 4. The Morgan fingerprint density at radius 2 is 0.520 bits per heavy atom. The van der Waals surface area contributed by atoms with E-state index in [4.69, 9.17) is 18.9 Å². The van der Waals surface area contributed by atoms with Crippen molar-refractivity contribution in [2.45, 2.75) is 209 Å². The molecule has 28 nitrogen and oxygen atoms in total. The Bertz CT molecular complexity index is 2390. The SMILES string of the molecule is COC(=O)[C@@H]1CN(C(=O)CO[C@@H]2C[C@H](C)CC[C@H]2C(C)C)C(O)=N1.COC(=O)[C@@H]1CN(C(=O)CO[C@@H]2C[C@H](C)CC[C@H]2C(C)C)C(O)=N1.COC(=O)[C@@H]1CN(C(=O)CO[C@@H]2C[C@H](C)CC[C@H]2C(C)C)C(O)=N1.COC(=O)[C@@H]1CN(C(=O)CO[C@@H]2C[C@H](C)CC[C@H]2C(C)C)C(O)=N1.[Rh].[Rh]. The number of hydrogen-bond acceptors (Lipinski definition) is 20. The molecule has 0 aromatic carbocycles. The van der Waals surface area contributed by atoms with Crippen molar-refractivity contribution in [3.8, 4) is 0 Å². The first kappa shape index (κ1) is 86.9. The van der Waals surface area contributed by atoms with Gasteiger partial charge in [-0.3, -0.25) is 38.8 Å². The number of amides is 4. The first-order valence-electron chi connectivity index (χ1n) is 34.4. The number of aliphatic hydroxyl groups is 4. The Morgan fingerprint density at radius 1 is 0.347 bits per heavy atom. The zero-order valence-corrected chi connectivity index (χ0v) is 63.5. The number of carbonyl (C=O) groups is 8. The number of carbonyl (C=O) groups excluding carboxylic acids is 8. The van der Waals surface area contributed by atoms with E-state index in [9.17, 15) is 58.8 Å². The number of esters is 4. The zero-order chi connectivity index (χ0) is 71.4. The summed E-state index contributed by atoms with van der Waals surface area (Å²) in [5, 5.41) is 39.1. The Morgan fingerprint density at radius 3 is 0.673 bits per heavy atom. The normalized spacial score (nSPS) is 29.8. The monoisotopic (exact) mass is 1570 g/mol. The summed E-state index contributed by atoms with van der Waals surface area (Å²) in [5.74, 6) is 2.31. The van der Waals surface area contributed by atoms with Crippen LogP contribution >= 0.6 is 0 Å². The van der Waals surface area contributed by atoms with E-state index in [0.717, 1.165) is 71.0 Å². The van der Waals surface area contributed by atoms with Crippen molar-refractivity contribution in [1.82, 2.24) is 19.6 Å². The molecule has 8 rings (SSSR count). The van der Waals surface area contributed by atoms with Gasteiger partial charge in [-0.05, 0) is 122 Å². The van der Waals surface area contributed by atoms with Crippen LogP contribution in [0.5, 0.6) is 0 Å². The van der Waals surface area contributed by atoms with Crippen LogP contribution in [-0.2, 0) is 115 Å². The molecule has 4 aliphatic heterocycles. The van der Waals surface area contributed by atoms with E-state index in [1.807, 2.05) is 0 Å². The molecule has 98 heavy (non-hydrogen) atoms. The second-order valence-electron chi connectivity index (χ2n) is 28.6. The average Bonchev–Trinajstić information content (AvgIpc) is 1.68. The molecule has 16 atom stereocenters. The maximum absolute atomic E-state index is 12.3. The molecular formula is C68H112N8O20Rh2. The maximum atomic E-state index is 12.3. The summed E-state index contributed by atoms with van der Waals surface area (Å²) in [5.41, 5.74) is 0. The number of ether oxygens (including phenoxy) is 8. The standard InChI is InChI=1S/4C17H28N2O5.2Rh/c4*1-10(2)12-6-5-11(3)7-14(12)24-9-15(20)19-8-13(16(21)23-4)18-17(19)22;;/h4*10-14H,5-9H2,1-4H3,(H,18,22);;/t4*11-,12+,13+,14-;;/m1111../s1. The van der Waals surface area contributed by atoms with Gasteiger partial charge in [0, 0.05) is 39.0 Å². The zero-order valence-electron chi connectivity index (χ0n) is 60.3. The number of aliphatic hydroxyl groups excluding tert-OH is 4. The van der Waals surface area contributed by atoms with Crippen molar-refractivity contribution in [1.29, 1.82) is 0 Å². The van der Waals surface area contributed by atoms with E-state index in [1.165, 1.54) is 54.1 Å². The molecular weight excluding hydrogens is 1450 g/mol. The summed E-state index contributed by atoms with van der Waals surface area (Å²) >= 11 is 0. The fourth-order valence-corrected chi connectivity index (χ4v) is 14.2. The molecule has 562 valence electrons. The van der Waals surface area contributed by atoms with Gasteiger partial charge in [-0.25, -0.2) is 39.1 Å². The van der Waals surface area contributed by atoms with Gasteiger partial charge in [0.2, 0.25) is 0 Å². The number of nitrogens with zero attached hydrogens (tertiary/aromatic N) is 8. The number of rotatable bonds is 20. The number of aliphatic imine (C=N–C) groups is 4. The summed E-state index contributed by atoms with van der Waals surface area (Å²) < 4.78 is 42.0. The molecule has 0 aromatic rings. The molecule has 4 fully saturated rings. The molecule has 0 bridgehead atoms. The molecule has 0 aromatic heterocycles. The van der Waals surface area contributed by atoms with E-state index >= 15 is 0 Å². The van der Waals surface area contributed by atoms with Crippen molar-refractivity contribution >= 4 is 71.6 Å². The Labute approximate surface area is 604 Å². The maximum Gasteiger partial charge on any atom is 0.332 e. The molecule has 2 radical (unpaired) electrons. The minimum atomic E-state index is -0.864. The van der Waals surface area contributed by atoms with Crippen LogP contribution in [0.4, 0.5) is 0 Å². The van der Waals surface area contributed by atoms with Gasteiger partial charge in [0.15, 0.2) is 24.2 Å². The van der Waals surface area contributed by atoms with Gasteiger partial charge in [-0.15, -0.1) is 0 Å². The van der Waals surface area contributed by atoms with E-state index < -0.39 is 72.1 Å². The third kappa shape index (κ3) is 25.1. The van der Waals surface area contributed by atoms with Crippen LogP contribution in [0, 0.1) is 71.0 Å². The van der Waals surface area contributed by atoms with Crippen LogP contribution in [-0.4, -0.2) is 241 Å². The molecule has 0 spiro atoms. The molecule has 8 aliphatic rings. The fraction of sp³-hybridized carbons (Fsp3) is 0.824. The van der Waals surface area contributed by atoms with Crippen molar-refractivity contribution < 1.29 is 136 Å². The van der Waals surface area contributed by atoms with Crippen LogP contribution in [0.25, 0.3) is 0 Å². The second kappa shape index (κ2) is 41.6. The molecule has 30 heteroatoms. The predicted molar refractivity (Wildman–Crippen MR) is 355 cm³/mol. The van der Waals surface area contributed by atoms with Crippen molar-refractivity contribution in [3.05, 3.63) is 0 Å². The van der Waals surface area contributed by atoms with E-state index in [2.05, 4.69) is 122 Å². The molecule has 4 saturated carbocycles. The van der Waals surface area contributed by atoms with E-state index in [0.29, 0.717) is 71.0 Å². The van der Waals surface area contributed by atoms with Gasteiger partial charge in [0.1, 0.15) is 26.4 Å². The largest absolute Gasteiger partial charge is 0.480 e. The molecule has 0 unspecified atom stereocenters. The molecule has 0 saturated heterocycles.